The average molecular weight is 510 g/mol. The number of ketones is 1. The highest BCUT2D eigenvalue weighted by atomic mass is 19.4. The van der Waals surface area contributed by atoms with Crippen LogP contribution in [-0.4, -0.2) is 33.4 Å². The molecule has 0 spiro atoms. The van der Waals surface area contributed by atoms with Crippen LogP contribution in [-0.2, 0) is 24.4 Å². The van der Waals surface area contributed by atoms with Crippen molar-refractivity contribution in [3.63, 3.8) is 0 Å². The fraction of sp³-hybridized carbons (Fsp3) is 0.296. The number of imidazole rings is 1. The molecule has 2 N–H and O–H groups in total. The van der Waals surface area contributed by atoms with Crippen LogP contribution in [0.15, 0.2) is 60.8 Å². The van der Waals surface area contributed by atoms with Gasteiger partial charge in [-0.25, -0.2) is 4.98 Å². The monoisotopic (exact) mass is 509 g/mol. The minimum absolute atomic E-state index is 0.0251. The van der Waals surface area contributed by atoms with Crippen molar-refractivity contribution in [2.75, 3.05) is 18.4 Å². The Kier molecular flexibility index (Phi) is 6.84. The van der Waals surface area contributed by atoms with Gasteiger partial charge in [0.05, 0.1) is 22.3 Å². The van der Waals surface area contributed by atoms with Crippen LogP contribution in [0.25, 0.3) is 11.0 Å². The fourth-order valence-electron chi connectivity index (χ4n) is 4.43. The number of halogens is 3. The Bertz CT molecular complexity index is 1410. The molecule has 37 heavy (non-hydrogen) atoms. The molecular weight excluding hydrogens is 483 g/mol. The van der Waals surface area contributed by atoms with Gasteiger partial charge >= 0.3 is 6.18 Å². The Labute approximate surface area is 211 Å². The maximum Gasteiger partial charge on any atom is 0.416 e. The zero-order valence-electron chi connectivity index (χ0n) is 20.2. The molecule has 3 heterocycles. The minimum Gasteiger partial charge on any atom is -0.457 e. The van der Waals surface area contributed by atoms with Gasteiger partial charge in [0.1, 0.15) is 17.3 Å². The number of hydrogen-bond donors (Lipinski definition) is 2. The standard InChI is InChI=1S/C27H26F3N5O2/c1-35-24-9-8-21(15-23(24)34-26(35)33-19-6-4-18(5-7-19)27(28,29)30)37-22-10-12-32-20(13-22)14-25(36)17-3-2-11-31-16-17/h4-10,12-13,15,17,31H,2-3,11,14,16H2,1H3,(H,33,34). The molecule has 1 atom stereocenters. The largest absolute Gasteiger partial charge is 0.457 e. The number of hydrogen-bond acceptors (Lipinski definition) is 6. The van der Waals surface area contributed by atoms with Crippen LogP contribution in [0.1, 0.15) is 24.1 Å². The second-order valence-electron chi connectivity index (χ2n) is 9.12. The number of piperidine rings is 1. The summed E-state index contributed by atoms with van der Waals surface area (Å²) in [6, 6.07) is 13.7. The normalized spacial score (nSPS) is 16.1. The third-order valence-corrected chi connectivity index (χ3v) is 6.45. The third kappa shape index (κ3) is 5.75. The Morgan fingerprint density at radius 1 is 1.14 bits per heavy atom. The second-order valence-corrected chi connectivity index (χ2v) is 9.12. The van der Waals surface area contributed by atoms with Crippen molar-refractivity contribution in [1.82, 2.24) is 19.9 Å². The summed E-state index contributed by atoms with van der Waals surface area (Å²) in [6.07, 6.45) is -0.582. The Morgan fingerprint density at radius 2 is 1.92 bits per heavy atom. The predicted molar refractivity (Wildman–Crippen MR) is 134 cm³/mol. The van der Waals surface area contributed by atoms with E-state index >= 15 is 0 Å². The predicted octanol–water partition coefficient (Wildman–Crippen LogP) is 5.63. The van der Waals surface area contributed by atoms with Crippen LogP contribution in [0.2, 0.25) is 0 Å². The molecule has 192 valence electrons. The number of Topliss-reactive ketones (excluding diaryl/α,β-unsaturated/α-hetero) is 1. The lowest BCUT2D eigenvalue weighted by atomic mass is 9.92. The van der Waals surface area contributed by atoms with Gasteiger partial charge in [0, 0.05) is 49.9 Å². The summed E-state index contributed by atoms with van der Waals surface area (Å²) in [5.41, 5.74) is 1.92. The van der Waals surface area contributed by atoms with Gasteiger partial charge in [0.25, 0.3) is 0 Å². The number of alkyl halides is 3. The van der Waals surface area contributed by atoms with E-state index in [4.69, 9.17) is 4.74 Å². The van der Waals surface area contributed by atoms with Crippen molar-refractivity contribution in [2.24, 2.45) is 13.0 Å². The summed E-state index contributed by atoms with van der Waals surface area (Å²) in [4.78, 5) is 21.5. The molecule has 0 radical (unpaired) electrons. The van der Waals surface area contributed by atoms with Gasteiger partial charge in [0.2, 0.25) is 5.95 Å². The fourth-order valence-corrected chi connectivity index (χ4v) is 4.43. The number of carbonyl (C=O) groups is 1. The molecule has 10 heteroatoms. The van der Waals surface area contributed by atoms with Crippen molar-refractivity contribution in [3.8, 4) is 11.5 Å². The molecule has 0 amide bonds. The number of aromatic nitrogens is 3. The molecule has 7 nitrogen and oxygen atoms in total. The molecule has 2 aromatic carbocycles. The van der Waals surface area contributed by atoms with Gasteiger partial charge in [-0.1, -0.05) is 0 Å². The van der Waals surface area contributed by atoms with E-state index < -0.39 is 11.7 Å². The number of rotatable bonds is 7. The zero-order valence-corrected chi connectivity index (χ0v) is 20.2. The highest BCUT2D eigenvalue weighted by Crippen LogP contribution is 2.31. The maximum absolute atomic E-state index is 12.8. The summed E-state index contributed by atoms with van der Waals surface area (Å²) in [7, 11) is 1.82. The molecule has 1 aliphatic heterocycles. The highest BCUT2D eigenvalue weighted by molar-refractivity contribution is 5.83. The van der Waals surface area contributed by atoms with Crippen LogP contribution in [0.5, 0.6) is 11.5 Å². The lowest BCUT2D eigenvalue weighted by molar-refractivity contribution is -0.137. The first kappa shape index (κ1) is 24.8. The smallest absolute Gasteiger partial charge is 0.416 e. The highest BCUT2D eigenvalue weighted by Gasteiger charge is 2.30. The van der Waals surface area contributed by atoms with Crippen molar-refractivity contribution in [2.45, 2.75) is 25.4 Å². The first-order valence-corrected chi connectivity index (χ1v) is 12.0. The van der Waals surface area contributed by atoms with Crippen LogP contribution in [0, 0.1) is 5.92 Å². The SMILES string of the molecule is Cn1c(Nc2ccc(C(F)(F)F)cc2)nc2cc(Oc3ccnc(CC(=O)C4CCCNC4)c3)ccc21. The van der Waals surface area contributed by atoms with E-state index in [1.54, 1.807) is 24.4 Å². The number of pyridine rings is 1. The molecule has 1 fully saturated rings. The molecule has 0 aliphatic carbocycles. The second kappa shape index (κ2) is 10.2. The number of ether oxygens (including phenoxy) is 1. The topological polar surface area (TPSA) is 81.1 Å². The van der Waals surface area contributed by atoms with Gasteiger partial charge < -0.3 is 19.9 Å². The molecule has 1 unspecified atom stereocenters. The van der Waals surface area contributed by atoms with Gasteiger partial charge in [-0.3, -0.25) is 9.78 Å². The Morgan fingerprint density at radius 3 is 2.65 bits per heavy atom. The Balaban J connectivity index is 1.29. The first-order chi connectivity index (χ1) is 17.8. The van der Waals surface area contributed by atoms with Gasteiger partial charge in [-0.2, -0.15) is 13.2 Å². The summed E-state index contributed by atoms with van der Waals surface area (Å²) in [5, 5.41) is 6.33. The lowest BCUT2D eigenvalue weighted by Crippen LogP contribution is -2.35. The van der Waals surface area contributed by atoms with Crippen LogP contribution in [0.4, 0.5) is 24.8 Å². The van der Waals surface area contributed by atoms with E-state index in [1.807, 2.05) is 23.7 Å². The molecule has 0 bridgehead atoms. The summed E-state index contributed by atoms with van der Waals surface area (Å²) >= 11 is 0. The average Bonchev–Trinajstić information content (AvgIpc) is 3.18. The number of nitrogens with one attached hydrogen (secondary N) is 2. The number of fused-ring (bicyclic) bond motifs is 1. The van der Waals surface area contributed by atoms with E-state index in [2.05, 4.69) is 20.6 Å². The van der Waals surface area contributed by atoms with E-state index in [9.17, 15) is 18.0 Å². The van der Waals surface area contributed by atoms with E-state index in [-0.39, 0.29) is 18.1 Å². The van der Waals surface area contributed by atoms with Crippen LogP contribution < -0.4 is 15.4 Å². The molecule has 4 aromatic rings. The molecule has 2 aromatic heterocycles. The summed E-state index contributed by atoms with van der Waals surface area (Å²) in [6.45, 7) is 1.67. The van der Waals surface area contributed by atoms with E-state index in [0.717, 1.165) is 43.6 Å². The number of nitrogens with zero attached hydrogens (tertiary/aromatic N) is 3. The number of carbonyl (C=O) groups excluding carboxylic acids is 1. The summed E-state index contributed by atoms with van der Waals surface area (Å²) in [5.74, 6) is 1.82. The molecular formula is C27H26F3N5O2. The molecule has 1 saturated heterocycles. The third-order valence-electron chi connectivity index (χ3n) is 6.45. The van der Waals surface area contributed by atoms with Crippen molar-refractivity contribution in [3.05, 3.63) is 72.1 Å². The van der Waals surface area contributed by atoms with Crippen LogP contribution in [0.3, 0.4) is 0 Å². The number of benzene rings is 2. The van der Waals surface area contributed by atoms with Crippen molar-refractivity contribution >= 4 is 28.5 Å². The van der Waals surface area contributed by atoms with E-state index in [1.165, 1.54) is 12.1 Å². The lowest BCUT2D eigenvalue weighted by Gasteiger charge is -2.21. The zero-order chi connectivity index (χ0) is 26.0. The Hall–Kier alpha value is -3.92. The minimum atomic E-state index is -4.38. The molecule has 0 saturated carbocycles. The quantitative estimate of drug-likeness (QED) is 0.336. The van der Waals surface area contributed by atoms with Crippen LogP contribution >= 0.6 is 0 Å². The first-order valence-electron chi connectivity index (χ1n) is 12.0. The van der Waals surface area contributed by atoms with Gasteiger partial charge in [-0.15, -0.1) is 0 Å². The number of aryl methyl sites for hydroxylation is 1. The van der Waals surface area contributed by atoms with E-state index in [0.29, 0.717) is 34.3 Å². The van der Waals surface area contributed by atoms with Gasteiger partial charge in [-0.05, 0) is 61.9 Å². The molecule has 1 aliphatic rings. The van der Waals surface area contributed by atoms with Crippen molar-refractivity contribution < 1.29 is 22.7 Å². The maximum atomic E-state index is 12.8. The van der Waals surface area contributed by atoms with Gasteiger partial charge in [0.15, 0.2) is 0 Å². The van der Waals surface area contributed by atoms with Crippen molar-refractivity contribution in [1.29, 1.82) is 0 Å². The number of anilines is 2. The summed E-state index contributed by atoms with van der Waals surface area (Å²) < 4.78 is 46.3. The molecule has 5 rings (SSSR count).